The molecule has 0 amide bonds. The van der Waals surface area contributed by atoms with Crippen molar-refractivity contribution in [3.05, 3.63) is 52.5 Å². The summed E-state index contributed by atoms with van der Waals surface area (Å²) in [6, 6.07) is 5.84. The Morgan fingerprint density at radius 2 is 2.17 bits per heavy atom. The highest BCUT2D eigenvalue weighted by molar-refractivity contribution is 9.10. The third-order valence-corrected chi connectivity index (χ3v) is 3.40. The molecule has 0 spiro atoms. The molecule has 1 aromatic carbocycles. The van der Waals surface area contributed by atoms with E-state index in [0.29, 0.717) is 0 Å². The highest BCUT2D eigenvalue weighted by atomic mass is 79.9. The summed E-state index contributed by atoms with van der Waals surface area (Å²) in [4.78, 5) is 8.44. The van der Waals surface area contributed by atoms with Gasteiger partial charge in [-0.15, -0.1) is 0 Å². The molecule has 2 aromatic rings. The molecule has 0 fully saturated rings. The molecular weight excluding hydrogens is 294 g/mol. The maximum absolute atomic E-state index is 5.26. The highest BCUT2D eigenvalue weighted by Crippen LogP contribution is 2.30. The van der Waals surface area contributed by atoms with Gasteiger partial charge in [0, 0.05) is 16.9 Å². The first kappa shape index (κ1) is 13.0. The van der Waals surface area contributed by atoms with Crippen molar-refractivity contribution in [3.63, 3.8) is 0 Å². The van der Waals surface area contributed by atoms with E-state index >= 15 is 0 Å². The zero-order chi connectivity index (χ0) is 13.0. The van der Waals surface area contributed by atoms with E-state index in [-0.39, 0.29) is 6.04 Å². The molecule has 94 valence electrons. The summed E-state index contributed by atoms with van der Waals surface area (Å²) < 4.78 is 6.26. The number of hydrogen-bond donors (Lipinski definition) is 1. The Hall–Kier alpha value is -1.46. The van der Waals surface area contributed by atoms with E-state index in [9.17, 15) is 0 Å². The van der Waals surface area contributed by atoms with Crippen LogP contribution in [0.3, 0.4) is 0 Å². The first-order chi connectivity index (χ1) is 8.76. The van der Waals surface area contributed by atoms with Crippen molar-refractivity contribution in [2.45, 2.75) is 6.04 Å². The van der Waals surface area contributed by atoms with Crippen molar-refractivity contribution in [1.29, 1.82) is 0 Å². The third-order valence-electron chi connectivity index (χ3n) is 2.68. The number of ether oxygens (including phenoxy) is 1. The van der Waals surface area contributed by atoms with Crippen molar-refractivity contribution in [3.8, 4) is 5.75 Å². The van der Waals surface area contributed by atoms with Gasteiger partial charge in [-0.3, -0.25) is 9.97 Å². The minimum Gasteiger partial charge on any atom is -0.497 e. The predicted molar refractivity (Wildman–Crippen MR) is 73.6 cm³/mol. The molecule has 1 N–H and O–H groups in total. The monoisotopic (exact) mass is 307 g/mol. The molecule has 4 nitrogen and oxygen atoms in total. The number of hydrogen-bond acceptors (Lipinski definition) is 4. The summed E-state index contributed by atoms with van der Waals surface area (Å²) in [7, 11) is 3.55. The Balaban J connectivity index is 2.44. The summed E-state index contributed by atoms with van der Waals surface area (Å²) >= 11 is 3.55. The number of methoxy groups -OCH3 is 1. The molecule has 0 radical (unpaired) electrons. The van der Waals surface area contributed by atoms with Gasteiger partial charge in [-0.25, -0.2) is 0 Å². The molecule has 0 bridgehead atoms. The number of aromatic nitrogens is 2. The fourth-order valence-electron chi connectivity index (χ4n) is 1.79. The molecule has 1 aromatic heterocycles. The van der Waals surface area contributed by atoms with Gasteiger partial charge in [-0.05, 0) is 30.8 Å². The first-order valence-corrected chi connectivity index (χ1v) is 6.32. The number of rotatable bonds is 4. The van der Waals surface area contributed by atoms with E-state index in [0.717, 1.165) is 21.5 Å². The maximum atomic E-state index is 5.26. The largest absolute Gasteiger partial charge is 0.497 e. The third kappa shape index (κ3) is 2.68. The summed E-state index contributed by atoms with van der Waals surface area (Å²) in [6.45, 7) is 0. The Morgan fingerprint density at radius 1 is 1.33 bits per heavy atom. The minimum absolute atomic E-state index is 0.0248. The Kier molecular flexibility index (Phi) is 4.28. The molecular formula is C13H14BrN3O. The van der Waals surface area contributed by atoms with Crippen LogP contribution in [0.25, 0.3) is 0 Å². The maximum Gasteiger partial charge on any atom is 0.119 e. The van der Waals surface area contributed by atoms with Gasteiger partial charge in [0.1, 0.15) is 5.75 Å². The van der Waals surface area contributed by atoms with Crippen LogP contribution in [0.4, 0.5) is 0 Å². The topological polar surface area (TPSA) is 47.0 Å². The summed E-state index contributed by atoms with van der Waals surface area (Å²) in [6.07, 6.45) is 5.11. The van der Waals surface area contributed by atoms with Crippen LogP contribution in [0, 0.1) is 0 Å². The smallest absolute Gasteiger partial charge is 0.119 e. The van der Waals surface area contributed by atoms with Crippen LogP contribution in [0.15, 0.2) is 41.3 Å². The van der Waals surface area contributed by atoms with Crippen LogP contribution < -0.4 is 10.1 Å². The Bertz CT molecular complexity index is 519. The Labute approximate surface area is 115 Å². The van der Waals surface area contributed by atoms with Gasteiger partial charge in [-0.2, -0.15) is 0 Å². The van der Waals surface area contributed by atoms with E-state index in [4.69, 9.17) is 4.74 Å². The molecule has 1 unspecified atom stereocenters. The summed E-state index contributed by atoms with van der Waals surface area (Å²) in [5.74, 6) is 0.817. The highest BCUT2D eigenvalue weighted by Gasteiger charge is 2.17. The zero-order valence-corrected chi connectivity index (χ0v) is 11.8. The molecule has 1 atom stereocenters. The first-order valence-electron chi connectivity index (χ1n) is 5.53. The Morgan fingerprint density at radius 3 is 2.78 bits per heavy atom. The van der Waals surface area contributed by atoms with E-state index in [1.54, 1.807) is 25.7 Å². The molecule has 0 saturated carbocycles. The molecule has 0 saturated heterocycles. The summed E-state index contributed by atoms with van der Waals surface area (Å²) in [5.41, 5.74) is 1.94. The van der Waals surface area contributed by atoms with E-state index in [1.807, 2.05) is 25.2 Å². The standard InChI is InChI=1S/C13H14BrN3O/c1-15-13(12-8-16-5-6-17-12)10-7-9(18-2)3-4-11(10)14/h3-8,13,15H,1-2H3. The molecule has 2 rings (SSSR count). The zero-order valence-electron chi connectivity index (χ0n) is 10.2. The number of nitrogens with one attached hydrogen (secondary N) is 1. The van der Waals surface area contributed by atoms with Crippen LogP contribution in [-0.4, -0.2) is 24.1 Å². The lowest BCUT2D eigenvalue weighted by molar-refractivity contribution is 0.413. The number of nitrogens with zero attached hydrogens (tertiary/aromatic N) is 2. The van der Waals surface area contributed by atoms with Crippen LogP contribution >= 0.6 is 15.9 Å². The van der Waals surface area contributed by atoms with Gasteiger partial charge in [0.2, 0.25) is 0 Å². The molecule has 5 heteroatoms. The minimum atomic E-state index is -0.0248. The van der Waals surface area contributed by atoms with Crippen LogP contribution in [0.2, 0.25) is 0 Å². The summed E-state index contributed by atoms with van der Waals surface area (Å²) in [5, 5.41) is 3.24. The van der Waals surface area contributed by atoms with Crippen molar-refractivity contribution in [1.82, 2.24) is 15.3 Å². The van der Waals surface area contributed by atoms with Crippen LogP contribution in [0.5, 0.6) is 5.75 Å². The van der Waals surface area contributed by atoms with Gasteiger partial charge in [0.25, 0.3) is 0 Å². The van der Waals surface area contributed by atoms with Crippen molar-refractivity contribution < 1.29 is 4.74 Å². The molecule has 18 heavy (non-hydrogen) atoms. The van der Waals surface area contributed by atoms with Crippen molar-refractivity contribution in [2.75, 3.05) is 14.2 Å². The average molecular weight is 308 g/mol. The van der Waals surface area contributed by atoms with Gasteiger partial charge in [0.05, 0.1) is 25.0 Å². The second-order valence-corrected chi connectivity index (χ2v) is 4.59. The van der Waals surface area contributed by atoms with Crippen LogP contribution in [0.1, 0.15) is 17.3 Å². The van der Waals surface area contributed by atoms with Gasteiger partial charge in [0.15, 0.2) is 0 Å². The molecule has 0 aliphatic carbocycles. The van der Waals surface area contributed by atoms with Crippen molar-refractivity contribution in [2.24, 2.45) is 0 Å². The van der Waals surface area contributed by atoms with Gasteiger partial charge >= 0.3 is 0 Å². The second-order valence-electron chi connectivity index (χ2n) is 3.74. The quantitative estimate of drug-likeness (QED) is 0.943. The van der Waals surface area contributed by atoms with Crippen molar-refractivity contribution >= 4 is 15.9 Å². The normalized spacial score (nSPS) is 12.2. The lowest BCUT2D eigenvalue weighted by atomic mass is 10.0. The molecule has 0 aliphatic rings. The fraction of sp³-hybridized carbons (Fsp3) is 0.231. The average Bonchev–Trinajstić information content (AvgIpc) is 2.43. The van der Waals surface area contributed by atoms with Gasteiger partial charge < -0.3 is 10.1 Å². The molecule has 0 aliphatic heterocycles. The predicted octanol–water partition coefficient (Wildman–Crippen LogP) is 2.56. The van der Waals surface area contributed by atoms with E-state index < -0.39 is 0 Å². The number of benzene rings is 1. The lowest BCUT2D eigenvalue weighted by Gasteiger charge is -2.18. The number of halogens is 1. The second kappa shape index (κ2) is 5.93. The lowest BCUT2D eigenvalue weighted by Crippen LogP contribution is -2.19. The van der Waals surface area contributed by atoms with Crippen LogP contribution in [-0.2, 0) is 0 Å². The fourth-order valence-corrected chi connectivity index (χ4v) is 2.27. The van der Waals surface area contributed by atoms with E-state index in [2.05, 4.69) is 31.2 Å². The van der Waals surface area contributed by atoms with Gasteiger partial charge in [-0.1, -0.05) is 15.9 Å². The SMILES string of the molecule is CNC(c1cnccn1)c1cc(OC)ccc1Br. The molecule has 1 heterocycles. The van der Waals surface area contributed by atoms with E-state index in [1.165, 1.54) is 0 Å².